The summed E-state index contributed by atoms with van der Waals surface area (Å²) in [6, 6.07) is 19.1. The van der Waals surface area contributed by atoms with Gasteiger partial charge < -0.3 is 39.1 Å². The van der Waals surface area contributed by atoms with Crippen LogP contribution in [0.15, 0.2) is 83.5 Å². The summed E-state index contributed by atoms with van der Waals surface area (Å²) in [7, 11) is -2.44. The lowest BCUT2D eigenvalue weighted by molar-refractivity contribution is -0.146. The van der Waals surface area contributed by atoms with Gasteiger partial charge in [-0.05, 0) is 60.2 Å². The molecule has 1 amide bonds. The number of carbonyl (C=O) groups is 1. The molecule has 242 valence electrons. The van der Waals surface area contributed by atoms with Crippen LogP contribution in [-0.2, 0) is 30.8 Å². The molecule has 2 aliphatic heterocycles. The van der Waals surface area contributed by atoms with Gasteiger partial charge >= 0.3 is 0 Å². The number of benzene rings is 3. The van der Waals surface area contributed by atoms with Gasteiger partial charge in [0.1, 0.15) is 11.6 Å². The molecule has 1 aromatic heterocycles. The second-order valence-corrected chi connectivity index (χ2v) is 12.5. The van der Waals surface area contributed by atoms with Crippen LogP contribution in [0.3, 0.4) is 0 Å². The maximum atomic E-state index is 13.3. The predicted octanol–water partition coefficient (Wildman–Crippen LogP) is 3.03. The Morgan fingerprint density at radius 2 is 1.89 bits per heavy atom. The summed E-state index contributed by atoms with van der Waals surface area (Å²) in [6.07, 6.45) is 1.22. The first-order valence-corrected chi connectivity index (χ1v) is 16.1. The van der Waals surface area contributed by atoms with Crippen molar-refractivity contribution < 1.29 is 42.0 Å². The molecule has 0 radical (unpaired) electrons. The van der Waals surface area contributed by atoms with E-state index in [2.05, 4.69) is 15.3 Å². The Hall–Kier alpha value is -4.63. The molecule has 0 aliphatic carbocycles. The Bertz CT molecular complexity index is 1790. The lowest BCUT2D eigenvalue weighted by Crippen LogP contribution is -2.38. The number of nitrogens with zero attached hydrogens (tertiary/aromatic N) is 2. The highest BCUT2D eigenvalue weighted by Crippen LogP contribution is 2.38. The molecule has 3 aromatic carbocycles. The molecule has 6 rings (SSSR count). The number of methoxy groups -OCH3 is 1. The van der Waals surface area contributed by atoms with Crippen molar-refractivity contribution in [3.8, 4) is 17.2 Å². The number of fused-ring (bicyclic) bond motifs is 2. The molecule has 2 aliphatic rings. The number of H-pyrrole nitrogens is 1. The first kappa shape index (κ1) is 31.4. The number of allylic oxidation sites excluding steroid dienone is 1. The standard InChI is InChI=1S/C32H34N4O9S/c1-41-23-7-9-24(10-8-23)46(39,40)36(12-14-37)13-15-42-31-18-22(21-6-11-27-28(16-21)44-20-43-27)17-29(45-31)32(38)33-19-30-34-25-4-2-3-5-26(25)35-30/h2-11,16-17,22,31,37H,12-15,18-20H2,1H3,(H,33,38)(H,34,35)/t22-,31+/m0/s1. The van der Waals surface area contributed by atoms with Gasteiger partial charge in [-0.15, -0.1) is 0 Å². The number of hydrogen-bond donors (Lipinski definition) is 3. The molecule has 46 heavy (non-hydrogen) atoms. The number of carbonyl (C=O) groups excluding carboxylic acids is 1. The molecule has 4 aromatic rings. The molecule has 13 nitrogen and oxygen atoms in total. The molecule has 0 spiro atoms. The van der Waals surface area contributed by atoms with Crippen molar-refractivity contribution in [2.24, 2.45) is 0 Å². The van der Waals surface area contributed by atoms with E-state index in [4.69, 9.17) is 23.7 Å². The van der Waals surface area contributed by atoms with Gasteiger partial charge in [-0.1, -0.05) is 18.2 Å². The summed E-state index contributed by atoms with van der Waals surface area (Å²) in [4.78, 5) is 21.1. The van der Waals surface area contributed by atoms with Crippen LogP contribution in [0.5, 0.6) is 17.2 Å². The van der Waals surface area contributed by atoms with Gasteiger partial charge in [0.25, 0.3) is 5.91 Å². The van der Waals surface area contributed by atoms with Crippen LogP contribution >= 0.6 is 0 Å². The van der Waals surface area contributed by atoms with E-state index >= 15 is 0 Å². The van der Waals surface area contributed by atoms with Crippen molar-refractivity contribution in [3.63, 3.8) is 0 Å². The normalized spacial score (nSPS) is 17.5. The highest BCUT2D eigenvalue weighted by atomic mass is 32.2. The smallest absolute Gasteiger partial charge is 0.286 e. The topological polar surface area (TPSA) is 162 Å². The fraction of sp³-hybridized carbons (Fsp3) is 0.312. The fourth-order valence-corrected chi connectivity index (χ4v) is 6.70. The molecule has 14 heteroatoms. The number of aromatic amines is 1. The van der Waals surface area contributed by atoms with Crippen molar-refractivity contribution in [2.45, 2.75) is 30.1 Å². The number of aromatic nitrogens is 2. The molecule has 0 unspecified atom stereocenters. The van der Waals surface area contributed by atoms with E-state index in [1.165, 1.54) is 19.2 Å². The van der Waals surface area contributed by atoms with Crippen LogP contribution in [0, 0.1) is 0 Å². The van der Waals surface area contributed by atoms with Crippen LogP contribution < -0.4 is 19.5 Å². The SMILES string of the molecule is COc1ccc(S(=O)(=O)N(CCO)CCO[C@H]2C[C@@H](c3ccc4c(c3)OCO4)C=C(C(=O)NCc3nc4ccccc4[nH]3)O2)cc1. The number of para-hydroxylation sites is 2. The minimum atomic E-state index is -3.93. The number of nitrogens with one attached hydrogen (secondary N) is 2. The average molecular weight is 651 g/mol. The Labute approximate surface area is 265 Å². The van der Waals surface area contributed by atoms with E-state index in [1.54, 1.807) is 18.2 Å². The quantitative estimate of drug-likeness (QED) is 0.196. The summed E-state index contributed by atoms with van der Waals surface area (Å²) >= 11 is 0. The zero-order valence-electron chi connectivity index (χ0n) is 25.0. The number of sulfonamides is 1. The number of rotatable bonds is 13. The molecule has 2 atom stereocenters. The lowest BCUT2D eigenvalue weighted by Gasteiger charge is -2.30. The first-order chi connectivity index (χ1) is 22.3. The number of imidazole rings is 1. The second-order valence-electron chi connectivity index (χ2n) is 10.6. The Balaban J connectivity index is 1.15. The number of aliphatic hydroxyl groups excluding tert-OH is 1. The Morgan fingerprint density at radius 3 is 2.67 bits per heavy atom. The van der Waals surface area contributed by atoms with Crippen LogP contribution in [0.25, 0.3) is 11.0 Å². The summed E-state index contributed by atoms with van der Waals surface area (Å²) in [5, 5.41) is 12.5. The molecular weight excluding hydrogens is 616 g/mol. The number of ether oxygens (including phenoxy) is 5. The van der Waals surface area contributed by atoms with Gasteiger partial charge in [0, 0.05) is 25.4 Å². The van der Waals surface area contributed by atoms with Crippen molar-refractivity contribution in [2.75, 3.05) is 40.2 Å². The number of aliphatic hydroxyl groups is 1. The molecule has 3 N–H and O–H groups in total. The second kappa shape index (κ2) is 13.8. The van der Waals surface area contributed by atoms with Gasteiger partial charge in [0.2, 0.25) is 23.1 Å². The zero-order chi connectivity index (χ0) is 32.1. The van der Waals surface area contributed by atoms with E-state index in [-0.39, 0.29) is 56.2 Å². The van der Waals surface area contributed by atoms with Crippen molar-refractivity contribution in [3.05, 3.63) is 90.0 Å². The predicted molar refractivity (Wildman–Crippen MR) is 166 cm³/mol. The Kier molecular flexibility index (Phi) is 9.40. The lowest BCUT2D eigenvalue weighted by atomic mass is 9.92. The monoisotopic (exact) mass is 650 g/mol. The summed E-state index contributed by atoms with van der Waals surface area (Å²) in [6.45, 7) is -0.331. The maximum Gasteiger partial charge on any atom is 0.286 e. The minimum absolute atomic E-state index is 0.0538. The molecule has 0 fully saturated rings. The van der Waals surface area contributed by atoms with Crippen LogP contribution in [0.4, 0.5) is 0 Å². The summed E-state index contributed by atoms with van der Waals surface area (Å²) in [5.41, 5.74) is 2.52. The van der Waals surface area contributed by atoms with E-state index in [0.29, 0.717) is 29.5 Å². The van der Waals surface area contributed by atoms with E-state index in [9.17, 15) is 18.3 Å². The van der Waals surface area contributed by atoms with E-state index in [0.717, 1.165) is 20.9 Å². The zero-order valence-corrected chi connectivity index (χ0v) is 25.9. The van der Waals surface area contributed by atoms with Crippen molar-refractivity contribution in [1.29, 1.82) is 0 Å². The van der Waals surface area contributed by atoms with Crippen LogP contribution in [0.1, 0.15) is 23.7 Å². The third-order valence-electron chi connectivity index (χ3n) is 7.65. The van der Waals surface area contributed by atoms with E-state index < -0.39 is 22.2 Å². The minimum Gasteiger partial charge on any atom is -0.497 e. The Morgan fingerprint density at radius 1 is 1.09 bits per heavy atom. The molecule has 0 saturated carbocycles. The number of amides is 1. The highest BCUT2D eigenvalue weighted by Gasteiger charge is 2.31. The summed E-state index contributed by atoms with van der Waals surface area (Å²) < 4.78 is 55.9. The fourth-order valence-electron chi connectivity index (χ4n) is 5.28. The van der Waals surface area contributed by atoms with Crippen LogP contribution in [0.2, 0.25) is 0 Å². The molecule has 0 bridgehead atoms. The third-order valence-corrected chi connectivity index (χ3v) is 9.56. The maximum absolute atomic E-state index is 13.3. The van der Waals surface area contributed by atoms with Crippen LogP contribution in [-0.4, -0.2) is 80.2 Å². The van der Waals surface area contributed by atoms with Gasteiger partial charge in [-0.3, -0.25) is 4.79 Å². The highest BCUT2D eigenvalue weighted by molar-refractivity contribution is 7.89. The van der Waals surface area contributed by atoms with Gasteiger partial charge in [0.15, 0.2) is 17.3 Å². The first-order valence-electron chi connectivity index (χ1n) is 14.7. The summed E-state index contributed by atoms with van der Waals surface area (Å²) in [5.74, 6) is 1.68. The van der Waals surface area contributed by atoms with Gasteiger partial charge in [-0.25, -0.2) is 13.4 Å². The average Bonchev–Trinajstić information content (AvgIpc) is 3.73. The van der Waals surface area contributed by atoms with Gasteiger partial charge in [0.05, 0.1) is 42.8 Å². The third kappa shape index (κ3) is 6.94. The molecule has 3 heterocycles. The van der Waals surface area contributed by atoms with E-state index in [1.807, 2.05) is 42.5 Å². The largest absolute Gasteiger partial charge is 0.497 e. The molecular formula is C32H34N4O9S. The van der Waals surface area contributed by atoms with Crippen molar-refractivity contribution >= 4 is 27.0 Å². The van der Waals surface area contributed by atoms with Gasteiger partial charge in [-0.2, -0.15) is 4.31 Å². The number of hydrogen-bond acceptors (Lipinski definition) is 10. The molecule has 0 saturated heterocycles. The van der Waals surface area contributed by atoms with Crippen molar-refractivity contribution in [1.82, 2.24) is 19.6 Å².